The molecule has 0 aromatic heterocycles. The molecule has 1 saturated heterocycles. The van der Waals surface area contributed by atoms with Crippen LogP contribution in [0, 0.1) is 17.2 Å². The van der Waals surface area contributed by atoms with Gasteiger partial charge in [-0.1, -0.05) is 30.5 Å². The number of fused-ring (bicyclic) bond motifs is 1. The SMILES string of the molecule is N#Cc1c(Cl)cccc1N1CCC2(O)CCCCC2C1. The van der Waals surface area contributed by atoms with Crippen molar-refractivity contribution in [3.05, 3.63) is 28.8 Å². The second kappa shape index (κ2) is 5.27. The zero-order valence-electron chi connectivity index (χ0n) is 11.5. The molecule has 1 aliphatic heterocycles. The van der Waals surface area contributed by atoms with Gasteiger partial charge in [-0.15, -0.1) is 0 Å². The molecule has 0 amide bonds. The van der Waals surface area contributed by atoms with E-state index in [1.807, 2.05) is 12.1 Å². The smallest absolute Gasteiger partial charge is 0.103 e. The van der Waals surface area contributed by atoms with Gasteiger partial charge < -0.3 is 10.0 Å². The zero-order chi connectivity index (χ0) is 14.2. The first kappa shape index (κ1) is 13.7. The number of nitrogens with zero attached hydrogens (tertiary/aromatic N) is 2. The minimum Gasteiger partial charge on any atom is -0.389 e. The largest absolute Gasteiger partial charge is 0.389 e. The Morgan fingerprint density at radius 1 is 1.35 bits per heavy atom. The van der Waals surface area contributed by atoms with Crippen molar-refractivity contribution in [3.8, 4) is 6.07 Å². The number of hydrogen-bond acceptors (Lipinski definition) is 3. The van der Waals surface area contributed by atoms with Gasteiger partial charge in [-0.2, -0.15) is 5.26 Å². The predicted molar refractivity (Wildman–Crippen MR) is 79.9 cm³/mol. The van der Waals surface area contributed by atoms with Crippen LogP contribution >= 0.6 is 11.6 Å². The van der Waals surface area contributed by atoms with Gasteiger partial charge in [0.2, 0.25) is 0 Å². The van der Waals surface area contributed by atoms with E-state index in [2.05, 4.69) is 11.0 Å². The molecule has 2 unspecified atom stereocenters. The van der Waals surface area contributed by atoms with Crippen LogP contribution in [0.5, 0.6) is 0 Å². The van der Waals surface area contributed by atoms with Crippen LogP contribution in [0.3, 0.4) is 0 Å². The number of benzene rings is 1. The van der Waals surface area contributed by atoms with Crippen molar-refractivity contribution in [1.82, 2.24) is 0 Å². The van der Waals surface area contributed by atoms with Crippen LogP contribution in [0.15, 0.2) is 18.2 Å². The van der Waals surface area contributed by atoms with E-state index < -0.39 is 5.60 Å². The third-order valence-corrected chi connectivity index (χ3v) is 5.19. The fourth-order valence-electron chi connectivity index (χ4n) is 3.68. The molecule has 2 fully saturated rings. The highest BCUT2D eigenvalue weighted by Crippen LogP contribution is 2.41. The Balaban J connectivity index is 1.87. The van der Waals surface area contributed by atoms with Gasteiger partial charge in [0, 0.05) is 19.0 Å². The summed E-state index contributed by atoms with van der Waals surface area (Å²) in [7, 11) is 0. The summed E-state index contributed by atoms with van der Waals surface area (Å²) >= 11 is 6.11. The molecule has 1 aliphatic carbocycles. The van der Waals surface area contributed by atoms with Crippen LogP contribution in [0.1, 0.15) is 37.7 Å². The van der Waals surface area contributed by atoms with Gasteiger partial charge in [-0.3, -0.25) is 0 Å². The van der Waals surface area contributed by atoms with Crippen molar-refractivity contribution in [2.75, 3.05) is 18.0 Å². The van der Waals surface area contributed by atoms with E-state index in [-0.39, 0.29) is 0 Å². The van der Waals surface area contributed by atoms with Crippen molar-refractivity contribution >= 4 is 17.3 Å². The van der Waals surface area contributed by atoms with E-state index in [1.54, 1.807) is 6.07 Å². The first-order chi connectivity index (χ1) is 9.64. The van der Waals surface area contributed by atoms with Crippen molar-refractivity contribution in [2.45, 2.75) is 37.7 Å². The topological polar surface area (TPSA) is 47.3 Å². The Bertz CT molecular complexity index is 554. The first-order valence-corrected chi connectivity index (χ1v) is 7.68. The summed E-state index contributed by atoms with van der Waals surface area (Å²) in [4.78, 5) is 2.22. The van der Waals surface area contributed by atoms with E-state index in [1.165, 1.54) is 6.42 Å². The third kappa shape index (κ3) is 2.28. The van der Waals surface area contributed by atoms with Crippen molar-refractivity contribution in [1.29, 1.82) is 5.26 Å². The molecule has 2 aliphatic rings. The second-order valence-corrected chi connectivity index (χ2v) is 6.40. The Morgan fingerprint density at radius 3 is 3.00 bits per heavy atom. The molecule has 1 aromatic rings. The Morgan fingerprint density at radius 2 is 2.20 bits per heavy atom. The van der Waals surface area contributed by atoms with Gasteiger partial charge in [0.25, 0.3) is 0 Å². The maximum atomic E-state index is 10.7. The van der Waals surface area contributed by atoms with Crippen molar-refractivity contribution in [2.24, 2.45) is 5.92 Å². The molecule has 1 saturated carbocycles. The zero-order valence-corrected chi connectivity index (χ0v) is 12.2. The molecule has 3 rings (SSSR count). The van der Waals surface area contributed by atoms with Gasteiger partial charge in [-0.05, 0) is 31.4 Å². The van der Waals surface area contributed by atoms with E-state index >= 15 is 0 Å². The van der Waals surface area contributed by atoms with Gasteiger partial charge in [0.05, 0.1) is 21.9 Å². The molecular weight excluding hydrogens is 272 g/mol. The minimum absolute atomic E-state index is 0.315. The molecule has 20 heavy (non-hydrogen) atoms. The van der Waals surface area contributed by atoms with Crippen LogP contribution in [0.25, 0.3) is 0 Å². The van der Waals surface area contributed by atoms with Crippen molar-refractivity contribution in [3.63, 3.8) is 0 Å². The van der Waals surface area contributed by atoms with Crippen LogP contribution in [-0.4, -0.2) is 23.8 Å². The first-order valence-electron chi connectivity index (χ1n) is 7.30. The molecule has 2 atom stereocenters. The molecule has 3 nitrogen and oxygen atoms in total. The quantitative estimate of drug-likeness (QED) is 0.863. The maximum absolute atomic E-state index is 10.7. The number of halogens is 1. The average molecular weight is 291 g/mol. The molecule has 1 heterocycles. The van der Waals surface area contributed by atoms with E-state index in [0.29, 0.717) is 16.5 Å². The van der Waals surface area contributed by atoms with Crippen LogP contribution in [0.4, 0.5) is 5.69 Å². The molecular formula is C16H19ClN2O. The highest BCUT2D eigenvalue weighted by atomic mass is 35.5. The van der Waals surface area contributed by atoms with Gasteiger partial charge in [0.15, 0.2) is 0 Å². The summed E-state index contributed by atoms with van der Waals surface area (Å²) in [6.45, 7) is 1.62. The van der Waals surface area contributed by atoms with Crippen LogP contribution < -0.4 is 4.90 Å². The van der Waals surface area contributed by atoms with Gasteiger partial charge >= 0.3 is 0 Å². The highest BCUT2D eigenvalue weighted by molar-refractivity contribution is 6.32. The lowest BCUT2D eigenvalue weighted by Crippen LogP contribution is -2.53. The van der Waals surface area contributed by atoms with Gasteiger partial charge in [0.1, 0.15) is 6.07 Å². The third-order valence-electron chi connectivity index (χ3n) is 4.87. The fourth-order valence-corrected chi connectivity index (χ4v) is 3.89. The molecule has 0 spiro atoms. The standard InChI is InChI=1S/C16H19ClN2O/c17-14-5-3-6-15(13(14)10-18)19-9-8-16(20)7-2-1-4-12(16)11-19/h3,5-6,12,20H,1-2,4,7-9,11H2. The summed E-state index contributed by atoms with van der Waals surface area (Å²) in [5.74, 6) is 0.315. The molecule has 0 bridgehead atoms. The summed E-state index contributed by atoms with van der Waals surface area (Å²) in [6.07, 6.45) is 5.12. The molecule has 0 radical (unpaired) electrons. The molecule has 106 valence electrons. The lowest BCUT2D eigenvalue weighted by molar-refractivity contribution is -0.0612. The number of anilines is 1. The lowest BCUT2D eigenvalue weighted by atomic mass is 9.71. The number of hydrogen-bond donors (Lipinski definition) is 1. The van der Waals surface area contributed by atoms with Crippen LogP contribution in [0.2, 0.25) is 5.02 Å². The molecule has 4 heteroatoms. The monoisotopic (exact) mass is 290 g/mol. The predicted octanol–water partition coefficient (Wildman–Crippen LogP) is 3.34. The Kier molecular flexibility index (Phi) is 3.62. The average Bonchev–Trinajstić information content (AvgIpc) is 2.46. The van der Waals surface area contributed by atoms with Gasteiger partial charge in [-0.25, -0.2) is 0 Å². The van der Waals surface area contributed by atoms with E-state index in [4.69, 9.17) is 11.6 Å². The summed E-state index contributed by atoms with van der Waals surface area (Å²) in [6, 6.07) is 7.81. The lowest BCUT2D eigenvalue weighted by Gasteiger charge is -2.48. The number of aliphatic hydroxyl groups is 1. The summed E-state index contributed by atoms with van der Waals surface area (Å²) in [5.41, 5.74) is 0.975. The number of nitriles is 1. The maximum Gasteiger partial charge on any atom is 0.103 e. The number of piperidine rings is 1. The normalized spacial score (nSPS) is 29.6. The minimum atomic E-state index is -0.486. The highest BCUT2D eigenvalue weighted by Gasteiger charge is 2.43. The summed E-state index contributed by atoms with van der Waals surface area (Å²) in [5, 5.41) is 20.5. The molecule has 1 aromatic carbocycles. The van der Waals surface area contributed by atoms with E-state index in [0.717, 1.165) is 44.5 Å². The van der Waals surface area contributed by atoms with Crippen molar-refractivity contribution < 1.29 is 5.11 Å². The fraction of sp³-hybridized carbons (Fsp3) is 0.562. The Labute approximate surface area is 124 Å². The summed E-state index contributed by atoms with van der Waals surface area (Å²) < 4.78 is 0. The number of rotatable bonds is 1. The van der Waals surface area contributed by atoms with Crippen LogP contribution in [-0.2, 0) is 0 Å². The van der Waals surface area contributed by atoms with E-state index in [9.17, 15) is 10.4 Å². The second-order valence-electron chi connectivity index (χ2n) is 5.99. The molecule has 1 N–H and O–H groups in total. The Hall–Kier alpha value is -1.24.